The SMILES string of the molecule is COCCCc1coc2ccc(C[C@@H](C[C@H](N)[C@@H](O)C[C@H](C(=O)O)C(C)C)C(C)C)cc12. The van der Waals surface area contributed by atoms with Crippen molar-refractivity contribution in [1.29, 1.82) is 0 Å². The van der Waals surface area contributed by atoms with E-state index in [0.29, 0.717) is 12.3 Å². The summed E-state index contributed by atoms with van der Waals surface area (Å²) in [5.41, 5.74) is 9.66. The number of carbonyl (C=O) groups is 1. The molecule has 1 aromatic heterocycles. The van der Waals surface area contributed by atoms with Crippen molar-refractivity contribution in [3.8, 4) is 0 Å². The second-order valence-corrected chi connectivity index (χ2v) is 9.79. The molecule has 4 N–H and O–H groups in total. The third-order valence-corrected chi connectivity index (χ3v) is 6.64. The van der Waals surface area contributed by atoms with Gasteiger partial charge in [-0.2, -0.15) is 0 Å². The predicted octanol–water partition coefficient (Wildman–Crippen LogP) is 4.65. The molecule has 0 fully saturated rings. The molecule has 6 nitrogen and oxygen atoms in total. The quantitative estimate of drug-likeness (QED) is 0.364. The van der Waals surface area contributed by atoms with Crippen molar-refractivity contribution in [2.24, 2.45) is 29.4 Å². The summed E-state index contributed by atoms with van der Waals surface area (Å²) in [6.45, 7) is 8.80. The zero-order chi connectivity index (χ0) is 23.8. The van der Waals surface area contributed by atoms with Crippen LogP contribution in [-0.2, 0) is 22.4 Å². The number of carboxylic acid groups (broad SMARTS) is 1. The van der Waals surface area contributed by atoms with E-state index in [1.165, 1.54) is 11.1 Å². The van der Waals surface area contributed by atoms with Crippen molar-refractivity contribution in [2.75, 3.05) is 13.7 Å². The summed E-state index contributed by atoms with van der Waals surface area (Å²) in [5, 5.41) is 21.2. The molecule has 0 spiro atoms. The molecule has 0 radical (unpaired) electrons. The number of hydrogen-bond donors (Lipinski definition) is 3. The van der Waals surface area contributed by atoms with E-state index < -0.39 is 24.0 Å². The zero-order valence-corrected chi connectivity index (χ0v) is 20.2. The van der Waals surface area contributed by atoms with Gasteiger partial charge in [0.1, 0.15) is 5.58 Å². The number of nitrogens with two attached hydrogens (primary N) is 1. The minimum Gasteiger partial charge on any atom is -0.481 e. The second-order valence-electron chi connectivity index (χ2n) is 9.79. The van der Waals surface area contributed by atoms with E-state index in [0.717, 1.165) is 36.8 Å². The number of methoxy groups -OCH3 is 1. The van der Waals surface area contributed by atoms with Crippen LogP contribution < -0.4 is 5.73 Å². The number of carboxylic acids is 1. The van der Waals surface area contributed by atoms with E-state index in [9.17, 15) is 15.0 Å². The van der Waals surface area contributed by atoms with Crippen LogP contribution >= 0.6 is 0 Å². The van der Waals surface area contributed by atoms with Gasteiger partial charge in [-0.05, 0) is 73.1 Å². The van der Waals surface area contributed by atoms with Gasteiger partial charge in [-0.1, -0.05) is 33.8 Å². The highest BCUT2D eigenvalue weighted by atomic mass is 16.5. The summed E-state index contributed by atoms with van der Waals surface area (Å²) < 4.78 is 10.9. The Bertz CT molecular complexity index is 844. The predicted molar refractivity (Wildman–Crippen MR) is 128 cm³/mol. The fourth-order valence-electron chi connectivity index (χ4n) is 4.35. The largest absolute Gasteiger partial charge is 0.481 e. The van der Waals surface area contributed by atoms with E-state index in [1.54, 1.807) is 7.11 Å². The summed E-state index contributed by atoms with van der Waals surface area (Å²) in [5.74, 6) is -0.844. The summed E-state index contributed by atoms with van der Waals surface area (Å²) >= 11 is 0. The van der Waals surface area contributed by atoms with E-state index in [-0.39, 0.29) is 18.3 Å². The molecule has 0 aliphatic rings. The highest BCUT2D eigenvalue weighted by Crippen LogP contribution is 2.29. The van der Waals surface area contributed by atoms with Crippen LogP contribution in [0, 0.1) is 23.7 Å². The summed E-state index contributed by atoms with van der Waals surface area (Å²) in [7, 11) is 1.71. The molecule has 2 aromatic rings. The van der Waals surface area contributed by atoms with E-state index in [1.807, 2.05) is 26.2 Å². The van der Waals surface area contributed by atoms with E-state index in [4.69, 9.17) is 14.9 Å². The first kappa shape index (κ1) is 26.4. The Morgan fingerprint density at radius 3 is 2.47 bits per heavy atom. The summed E-state index contributed by atoms with van der Waals surface area (Å²) in [4.78, 5) is 11.5. The fourth-order valence-corrected chi connectivity index (χ4v) is 4.35. The number of fused-ring (bicyclic) bond motifs is 1. The van der Waals surface area contributed by atoms with Gasteiger partial charge in [0, 0.05) is 25.1 Å². The number of aliphatic carboxylic acids is 1. The number of aliphatic hydroxyl groups excluding tert-OH is 1. The van der Waals surface area contributed by atoms with Gasteiger partial charge >= 0.3 is 5.97 Å². The number of aryl methyl sites for hydroxylation is 1. The Balaban J connectivity index is 2.08. The minimum atomic E-state index is -0.874. The first-order chi connectivity index (χ1) is 15.1. The molecular formula is C26H41NO5. The van der Waals surface area contributed by atoms with Crippen molar-refractivity contribution in [2.45, 2.75) is 71.9 Å². The Labute approximate surface area is 192 Å². The first-order valence-corrected chi connectivity index (χ1v) is 11.8. The lowest BCUT2D eigenvalue weighted by Crippen LogP contribution is -2.40. The van der Waals surface area contributed by atoms with Gasteiger partial charge < -0.3 is 25.1 Å². The highest BCUT2D eigenvalue weighted by Gasteiger charge is 2.29. The maximum absolute atomic E-state index is 11.5. The molecule has 6 heteroatoms. The molecule has 0 saturated heterocycles. The molecule has 0 bridgehead atoms. The highest BCUT2D eigenvalue weighted by molar-refractivity contribution is 5.81. The van der Waals surface area contributed by atoms with Crippen LogP contribution in [0.1, 0.15) is 58.1 Å². The van der Waals surface area contributed by atoms with Gasteiger partial charge in [0.05, 0.1) is 18.3 Å². The molecule has 0 amide bonds. The smallest absolute Gasteiger partial charge is 0.306 e. The van der Waals surface area contributed by atoms with Gasteiger partial charge in [0.25, 0.3) is 0 Å². The van der Waals surface area contributed by atoms with Crippen LogP contribution in [0.5, 0.6) is 0 Å². The van der Waals surface area contributed by atoms with Crippen molar-refractivity contribution in [3.05, 3.63) is 35.6 Å². The molecule has 1 aromatic carbocycles. The lowest BCUT2D eigenvalue weighted by atomic mass is 9.81. The average molecular weight is 448 g/mol. The van der Waals surface area contributed by atoms with Gasteiger partial charge in [0.15, 0.2) is 0 Å². The number of furan rings is 1. The number of ether oxygens (including phenoxy) is 1. The molecule has 2 rings (SSSR count). The maximum Gasteiger partial charge on any atom is 0.306 e. The lowest BCUT2D eigenvalue weighted by molar-refractivity contribution is -0.144. The molecule has 0 aliphatic carbocycles. The molecule has 4 atom stereocenters. The molecule has 180 valence electrons. The van der Waals surface area contributed by atoms with Gasteiger partial charge in [0.2, 0.25) is 0 Å². The van der Waals surface area contributed by atoms with Gasteiger partial charge in [-0.3, -0.25) is 4.79 Å². The molecule has 1 heterocycles. The number of hydrogen-bond acceptors (Lipinski definition) is 5. The Kier molecular flexibility index (Phi) is 10.2. The van der Waals surface area contributed by atoms with Crippen LogP contribution in [0.25, 0.3) is 11.0 Å². The van der Waals surface area contributed by atoms with Crippen molar-refractivity contribution in [1.82, 2.24) is 0 Å². The topological polar surface area (TPSA) is 106 Å². The summed E-state index contributed by atoms with van der Waals surface area (Å²) in [6.07, 6.45) is 4.55. The van der Waals surface area contributed by atoms with Crippen molar-refractivity contribution in [3.63, 3.8) is 0 Å². The molecule has 32 heavy (non-hydrogen) atoms. The van der Waals surface area contributed by atoms with Crippen molar-refractivity contribution >= 4 is 16.9 Å². The van der Waals surface area contributed by atoms with Crippen LogP contribution in [0.15, 0.2) is 28.9 Å². The number of aliphatic hydroxyl groups is 1. The maximum atomic E-state index is 11.5. The normalized spacial score (nSPS) is 15.9. The Morgan fingerprint density at radius 1 is 1.16 bits per heavy atom. The monoisotopic (exact) mass is 447 g/mol. The first-order valence-electron chi connectivity index (χ1n) is 11.8. The van der Waals surface area contributed by atoms with Crippen LogP contribution in [0.3, 0.4) is 0 Å². The number of rotatable bonds is 14. The van der Waals surface area contributed by atoms with E-state index >= 15 is 0 Å². The van der Waals surface area contributed by atoms with Crippen LogP contribution in [0.4, 0.5) is 0 Å². The second kappa shape index (κ2) is 12.4. The van der Waals surface area contributed by atoms with Crippen LogP contribution in [0.2, 0.25) is 0 Å². The zero-order valence-electron chi connectivity index (χ0n) is 20.2. The standard InChI is InChI=1S/C26H41NO5/c1-16(2)20(13-23(27)24(28)14-21(17(3)4)26(29)30)11-18-8-9-25-22(12-18)19(15-32-25)7-6-10-31-5/h8-9,12,15-17,20-21,23-24,28H,6-7,10-11,13-14,27H2,1-5H3,(H,29,30)/t20-,21-,23-,24-/m0/s1. The summed E-state index contributed by atoms with van der Waals surface area (Å²) in [6, 6.07) is 5.88. The van der Waals surface area contributed by atoms with Gasteiger partial charge in [-0.25, -0.2) is 0 Å². The molecule has 0 unspecified atom stereocenters. The number of benzene rings is 1. The Hall–Kier alpha value is -1.89. The van der Waals surface area contributed by atoms with Crippen LogP contribution in [-0.4, -0.2) is 42.0 Å². The lowest BCUT2D eigenvalue weighted by Gasteiger charge is -2.29. The molecular weight excluding hydrogens is 406 g/mol. The molecule has 0 saturated carbocycles. The third kappa shape index (κ3) is 7.32. The Morgan fingerprint density at radius 2 is 1.88 bits per heavy atom. The van der Waals surface area contributed by atoms with Crippen molar-refractivity contribution < 1.29 is 24.2 Å². The van der Waals surface area contributed by atoms with Gasteiger partial charge in [-0.15, -0.1) is 0 Å². The van der Waals surface area contributed by atoms with E-state index in [2.05, 4.69) is 26.0 Å². The minimum absolute atomic E-state index is 0.0463. The molecule has 0 aliphatic heterocycles. The average Bonchev–Trinajstić information content (AvgIpc) is 3.13. The third-order valence-electron chi connectivity index (χ3n) is 6.64. The fraction of sp³-hybridized carbons (Fsp3) is 0.654.